The molecule has 0 aliphatic carbocycles. The normalized spacial score (nSPS) is 14.8. The van der Waals surface area contributed by atoms with Gasteiger partial charge in [-0.05, 0) is 10.3 Å². The van der Waals surface area contributed by atoms with E-state index in [1.165, 1.54) is 0 Å². The molecule has 0 spiro atoms. The van der Waals surface area contributed by atoms with Gasteiger partial charge >= 0.3 is 0 Å². The first-order valence-electron chi connectivity index (χ1n) is 3.91. The number of hydrogen-bond donors (Lipinski definition) is 2. The lowest BCUT2D eigenvalue weighted by Gasteiger charge is -2.16. The standard InChI is InChI=1S/C6H6N6O/c1-2-8-4-3(7-1)9-5-6(10-4)12-13-11-5/h1-2H2,(H,7,9,11)(H,8,10,12). The van der Waals surface area contributed by atoms with Gasteiger partial charge in [-0.3, -0.25) is 0 Å². The SMILES string of the molecule is C1CNc2nc3nonc3nc2N1. The molecule has 1 aliphatic rings. The van der Waals surface area contributed by atoms with Crippen LogP contribution in [0.1, 0.15) is 0 Å². The van der Waals surface area contributed by atoms with Gasteiger partial charge in [-0.2, -0.15) is 0 Å². The van der Waals surface area contributed by atoms with Crippen LogP contribution in [0.3, 0.4) is 0 Å². The minimum Gasteiger partial charge on any atom is -0.365 e. The molecule has 66 valence electrons. The summed E-state index contributed by atoms with van der Waals surface area (Å²) in [5.41, 5.74) is 0.852. The molecule has 1 aliphatic heterocycles. The van der Waals surface area contributed by atoms with Gasteiger partial charge in [0.05, 0.1) is 0 Å². The summed E-state index contributed by atoms with van der Waals surface area (Å²) in [6.07, 6.45) is 0. The fourth-order valence-corrected chi connectivity index (χ4v) is 1.25. The predicted molar refractivity (Wildman–Crippen MR) is 44.4 cm³/mol. The zero-order valence-corrected chi connectivity index (χ0v) is 6.61. The second-order valence-corrected chi connectivity index (χ2v) is 2.69. The quantitative estimate of drug-likeness (QED) is 0.579. The van der Waals surface area contributed by atoms with Crippen LogP contribution in [0.25, 0.3) is 11.3 Å². The third-order valence-electron chi connectivity index (χ3n) is 1.82. The second-order valence-electron chi connectivity index (χ2n) is 2.69. The lowest BCUT2D eigenvalue weighted by Crippen LogP contribution is -2.22. The van der Waals surface area contributed by atoms with Crippen LogP contribution in [-0.4, -0.2) is 33.4 Å². The van der Waals surface area contributed by atoms with E-state index in [9.17, 15) is 0 Å². The Balaban J connectivity index is 2.28. The predicted octanol–water partition coefficient (Wildman–Crippen LogP) is -0.150. The molecule has 2 aromatic heterocycles. The first kappa shape index (κ1) is 6.58. The van der Waals surface area contributed by atoms with Gasteiger partial charge < -0.3 is 10.6 Å². The summed E-state index contributed by atoms with van der Waals surface area (Å²) >= 11 is 0. The highest BCUT2D eigenvalue weighted by atomic mass is 16.6. The molecule has 0 bridgehead atoms. The highest BCUT2D eigenvalue weighted by Crippen LogP contribution is 2.20. The van der Waals surface area contributed by atoms with E-state index in [2.05, 4.69) is 35.5 Å². The number of nitrogens with one attached hydrogen (secondary N) is 2. The van der Waals surface area contributed by atoms with Gasteiger partial charge in [-0.25, -0.2) is 14.6 Å². The van der Waals surface area contributed by atoms with Gasteiger partial charge in [-0.1, -0.05) is 0 Å². The first-order chi connectivity index (χ1) is 6.43. The molecule has 7 heteroatoms. The van der Waals surface area contributed by atoms with E-state index in [4.69, 9.17) is 0 Å². The van der Waals surface area contributed by atoms with Crippen molar-refractivity contribution >= 4 is 22.9 Å². The molecule has 0 aromatic carbocycles. The maximum absolute atomic E-state index is 4.50. The summed E-state index contributed by atoms with van der Waals surface area (Å²) in [5, 5.41) is 13.4. The molecular formula is C6H6N6O. The number of anilines is 2. The molecule has 0 amide bonds. The maximum Gasteiger partial charge on any atom is 0.245 e. The van der Waals surface area contributed by atoms with E-state index >= 15 is 0 Å². The van der Waals surface area contributed by atoms with Gasteiger partial charge in [-0.15, -0.1) is 0 Å². The van der Waals surface area contributed by atoms with E-state index < -0.39 is 0 Å². The van der Waals surface area contributed by atoms with E-state index in [0.29, 0.717) is 22.9 Å². The Morgan fingerprint density at radius 1 is 0.923 bits per heavy atom. The van der Waals surface area contributed by atoms with Gasteiger partial charge in [0.2, 0.25) is 11.3 Å². The largest absolute Gasteiger partial charge is 0.365 e. The van der Waals surface area contributed by atoms with E-state index in [0.717, 1.165) is 13.1 Å². The van der Waals surface area contributed by atoms with Gasteiger partial charge in [0.15, 0.2) is 11.6 Å². The van der Waals surface area contributed by atoms with Crippen molar-refractivity contribution in [2.45, 2.75) is 0 Å². The van der Waals surface area contributed by atoms with Crippen molar-refractivity contribution < 1.29 is 4.63 Å². The van der Waals surface area contributed by atoms with Crippen molar-refractivity contribution in [3.05, 3.63) is 0 Å². The Kier molecular flexibility index (Phi) is 1.16. The molecule has 0 saturated heterocycles. The average molecular weight is 178 g/mol. The molecule has 2 N–H and O–H groups in total. The zero-order valence-electron chi connectivity index (χ0n) is 6.61. The molecular weight excluding hydrogens is 172 g/mol. The molecule has 3 heterocycles. The highest BCUT2D eigenvalue weighted by molar-refractivity contribution is 5.74. The molecule has 13 heavy (non-hydrogen) atoms. The van der Waals surface area contributed by atoms with E-state index in [-0.39, 0.29) is 0 Å². The summed E-state index contributed by atoms with van der Waals surface area (Å²) in [6.45, 7) is 1.66. The van der Waals surface area contributed by atoms with Crippen molar-refractivity contribution in [2.24, 2.45) is 0 Å². The number of aromatic nitrogens is 4. The fourth-order valence-electron chi connectivity index (χ4n) is 1.25. The average Bonchev–Trinajstić information content (AvgIpc) is 2.61. The molecule has 0 fully saturated rings. The lowest BCUT2D eigenvalue weighted by molar-refractivity contribution is 0.314. The van der Waals surface area contributed by atoms with Crippen molar-refractivity contribution in [2.75, 3.05) is 23.7 Å². The first-order valence-corrected chi connectivity index (χ1v) is 3.91. The Hall–Kier alpha value is -1.92. The molecule has 3 rings (SSSR count). The molecule has 2 aromatic rings. The van der Waals surface area contributed by atoms with Crippen LogP contribution >= 0.6 is 0 Å². The third kappa shape index (κ3) is 0.897. The number of fused-ring (bicyclic) bond motifs is 2. The second kappa shape index (κ2) is 2.28. The van der Waals surface area contributed by atoms with Gasteiger partial charge in [0.25, 0.3) is 0 Å². The lowest BCUT2D eigenvalue weighted by atomic mass is 10.4. The highest BCUT2D eigenvalue weighted by Gasteiger charge is 2.14. The summed E-state index contributed by atoms with van der Waals surface area (Å²) in [5.74, 6) is 1.41. The monoisotopic (exact) mass is 178 g/mol. The van der Waals surface area contributed by atoms with Crippen LogP contribution in [0.2, 0.25) is 0 Å². The topological polar surface area (TPSA) is 88.8 Å². The molecule has 0 unspecified atom stereocenters. The number of rotatable bonds is 0. The summed E-state index contributed by atoms with van der Waals surface area (Å²) in [7, 11) is 0. The van der Waals surface area contributed by atoms with E-state index in [1.54, 1.807) is 0 Å². The van der Waals surface area contributed by atoms with Gasteiger partial charge in [0.1, 0.15) is 0 Å². The Morgan fingerprint density at radius 2 is 1.46 bits per heavy atom. The Morgan fingerprint density at radius 3 is 2.00 bits per heavy atom. The van der Waals surface area contributed by atoms with Crippen molar-refractivity contribution in [1.82, 2.24) is 20.3 Å². The zero-order chi connectivity index (χ0) is 8.67. The Labute approximate surface area is 72.5 Å². The van der Waals surface area contributed by atoms with Crippen LogP contribution in [0.5, 0.6) is 0 Å². The summed E-state index contributed by atoms with van der Waals surface area (Å²) < 4.78 is 4.50. The molecule has 7 nitrogen and oxygen atoms in total. The summed E-state index contributed by atoms with van der Waals surface area (Å²) in [4.78, 5) is 8.34. The Bertz CT molecular complexity index is 411. The van der Waals surface area contributed by atoms with Crippen LogP contribution < -0.4 is 10.6 Å². The third-order valence-corrected chi connectivity index (χ3v) is 1.82. The van der Waals surface area contributed by atoms with Gasteiger partial charge in [0, 0.05) is 13.1 Å². The molecule has 0 atom stereocenters. The van der Waals surface area contributed by atoms with Crippen LogP contribution in [0.4, 0.5) is 11.6 Å². The van der Waals surface area contributed by atoms with E-state index in [1.807, 2.05) is 0 Å². The summed E-state index contributed by atoms with van der Waals surface area (Å²) in [6, 6.07) is 0. The molecule has 0 saturated carbocycles. The number of hydrogen-bond acceptors (Lipinski definition) is 7. The smallest absolute Gasteiger partial charge is 0.245 e. The fraction of sp³-hybridized carbons (Fsp3) is 0.333. The van der Waals surface area contributed by atoms with Crippen molar-refractivity contribution in [3.8, 4) is 0 Å². The van der Waals surface area contributed by atoms with Crippen molar-refractivity contribution in [3.63, 3.8) is 0 Å². The maximum atomic E-state index is 4.50. The number of nitrogens with zero attached hydrogens (tertiary/aromatic N) is 4. The molecule has 0 radical (unpaired) electrons. The van der Waals surface area contributed by atoms with Crippen LogP contribution in [0, 0.1) is 0 Å². The minimum atomic E-state index is 0.426. The minimum absolute atomic E-state index is 0.426. The van der Waals surface area contributed by atoms with Crippen LogP contribution in [-0.2, 0) is 0 Å². The van der Waals surface area contributed by atoms with Crippen molar-refractivity contribution in [1.29, 1.82) is 0 Å². The van der Waals surface area contributed by atoms with Crippen LogP contribution in [0.15, 0.2) is 4.63 Å².